The fourth-order valence-electron chi connectivity index (χ4n) is 1.68. The summed E-state index contributed by atoms with van der Waals surface area (Å²) < 4.78 is 13.7. The van der Waals surface area contributed by atoms with Crippen LogP contribution in [0.5, 0.6) is 0 Å². The van der Waals surface area contributed by atoms with Crippen molar-refractivity contribution in [2.45, 2.75) is 0 Å². The molecule has 0 saturated carbocycles. The molecule has 0 atom stereocenters. The molecule has 0 aliphatic rings. The third-order valence-electron chi connectivity index (χ3n) is 2.67. The van der Waals surface area contributed by atoms with Gasteiger partial charge in [0.25, 0.3) is 0 Å². The molecule has 0 amide bonds. The minimum absolute atomic E-state index is 0.340. The molecule has 2 rings (SSSR count). The minimum atomic E-state index is -0.371. The maximum absolute atomic E-state index is 13.1. The van der Waals surface area contributed by atoms with E-state index in [1.165, 1.54) is 12.1 Å². The van der Waals surface area contributed by atoms with Crippen molar-refractivity contribution in [3.8, 4) is 0 Å². The Labute approximate surface area is 125 Å². The van der Waals surface area contributed by atoms with Crippen molar-refractivity contribution in [2.75, 3.05) is 11.9 Å². The highest BCUT2D eigenvalue weighted by Crippen LogP contribution is 2.32. The van der Waals surface area contributed by atoms with Gasteiger partial charge in [-0.2, -0.15) is 0 Å². The molecule has 0 spiro atoms. The molecule has 0 saturated heterocycles. The first-order valence-corrected chi connectivity index (χ1v) is 6.86. The van der Waals surface area contributed by atoms with Crippen LogP contribution >= 0.6 is 27.5 Å². The van der Waals surface area contributed by atoms with E-state index in [4.69, 9.17) is 11.6 Å². The molecule has 0 aliphatic heterocycles. The van der Waals surface area contributed by atoms with Crippen LogP contribution in [-0.4, -0.2) is 6.54 Å². The van der Waals surface area contributed by atoms with Crippen LogP contribution in [0.1, 0.15) is 5.56 Å². The second-order valence-corrected chi connectivity index (χ2v) is 5.33. The standard InChI is InChI=1S/C15H12BrClFN/c1-10(11-5-3-2-4-6-11)9-19-15-13(16)7-12(18)8-14(15)17/h2-8,19H,1,9H2. The Morgan fingerprint density at radius 3 is 2.58 bits per heavy atom. The van der Waals surface area contributed by atoms with E-state index < -0.39 is 0 Å². The fourth-order valence-corrected chi connectivity index (χ4v) is 2.64. The van der Waals surface area contributed by atoms with E-state index in [1.807, 2.05) is 30.3 Å². The number of rotatable bonds is 4. The van der Waals surface area contributed by atoms with E-state index in [2.05, 4.69) is 27.8 Å². The first-order valence-electron chi connectivity index (χ1n) is 5.69. The van der Waals surface area contributed by atoms with Gasteiger partial charge in [-0.15, -0.1) is 0 Å². The molecule has 0 heterocycles. The lowest BCUT2D eigenvalue weighted by Gasteiger charge is -2.12. The number of halogens is 3. The van der Waals surface area contributed by atoms with Gasteiger partial charge in [0.2, 0.25) is 0 Å². The molecule has 0 aliphatic carbocycles. The lowest BCUT2D eigenvalue weighted by atomic mass is 10.1. The van der Waals surface area contributed by atoms with E-state index in [-0.39, 0.29) is 5.82 Å². The van der Waals surface area contributed by atoms with Crippen LogP contribution in [0.25, 0.3) is 5.57 Å². The summed E-state index contributed by atoms with van der Waals surface area (Å²) in [5, 5.41) is 3.50. The van der Waals surface area contributed by atoms with E-state index in [0.717, 1.165) is 11.1 Å². The summed E-state index contributed by atoms with van der Waals surface area (Å²) in [5.74, 6) is -0.371. The Balaban J connectivity index is 2.10. The molecule has 2 aromatic rings. The van der Waals surface area contributed by atoms with Crippen molar-refractivity contribution in [3.63, 3.8) is 0 Å². The predicted molar refractivity (Wildman–Crippen MR) is 83.1 cm³/mol. The van der Waals surface area contributed by atoms with Crippen molar-refractivity contribution in [1.29, 1.82) is 0 Å². The first kappa shape index (κ1) is 14.1. The molecule has 0 unspecified atom stereocenters. The Morgan fingerprint density at radius 1 is 1.26 bits per heavy atom. The van der Waals surface area contributed by atoms with Crippen LogP contribution < -0.4 is 5.32 Å². The van der Waals surface area contributed by atoms with Crippen molar-refractivity contribution in [3.05, 3.63) is 69.9 Å². The van der Waals surface area contributed by atoms with E-state index in [9.17, 15) is 4.39 Å². The fraction of sp³-hybridized carbons (Fsp3) is 0.0667. The number of benzene rings is 2. The average molecular weight is 341 g/mol. The quantitative estimate of drug-likeness (QED) is 0.789. The van der Waals surface area contributed by atoms with Gasteiger partial charge in [-0.1, -0.05) is 48.5 Å². The Hall–Kier alpha value is -1.32. The van der Waals surface area contributed by atoms with Crippen LogP contribution in [0.2, 0.25) is 5.02 Å². The van der Waals surface area contributed by atoms with Gasteiger partial charge in [0.05, 0.1) is 10.7 Å². The highest BCUT2D eigenvalue weighted by Gasteiger charge is 2.08. The van der Waals surface area contributed by atoms with E-state index in [1.54, 1.807) is 0 Å². The zero-order valence-corrected chi connectivity index (χ0v) is 12.4. The lowest BCUT2D eigenvalue weighted by Crippen LogP contribution is -2.04. The predicted octanol–water partition coefficient (Wildman–Crippen LogP) is 5.37. The second kappa shape index (κ2) is 6.22. The average Bonchev–Trinajstić information content (AvgIpc) is 2.38. The molecule has 1 N–H and O–H groups in total. The zero-order chi connectivity index (χ0) is 13.8. The number of nitrogens with one attached hydrogen (secondary N) is 1. The van der Waals surface area contributed by atoms with Gasteiger partial charge in [0.1, 0.15) is 5.82 Å². The number of hydrogen-bond donors (Lipinski definition) is 1. The molecule has 4 heteroatoms. The number of anilines is 1. The topological polar surface area (TPSA) is 12.0 Å². The minimum Gasteiger partial charge on any atom is -0.379 e. The molecular formula is C15H12BrClFN. The van der Waals surface area contributed by atoms with Gasteiger partial charge in [0, 0.05) is 11.0 Å². The summed E-state index contributed by atoms with van der Waals surface area (Å²) in [6.07, 6.45) is 0. The molecule has 98 valence electrons. The molecule has 0 fully saturated rings. The Bertz CT molecular complexity index is 575. The van der Waals surface area contributed by atoms with Crippen LogP contribution in [-0.2, 0) is 0 Å². The van der Waals surface area contributed by atoms with Gasteiger partial charge in [0.15, 0.2) is 0 Å². The van der Waals surface area contributed by atoms with Crippen LogP contribution in [0.15, 0.2) is 53.5 Å². The summed E-state index contributed by atoms with van der Waals surface area (Å²) >= 11 is 9.29. The molecule has 19 heavy (non-hydrogen) atoms. The van der Waals surface area contributed by atoms with Gasteiger partial charge in [-0.3, -0.25) is 0 Å². The normalized spacial score (nSPS) is 10.3. The largest absolute Gasteiger partial charge is 0.379 e. The first-order chi connectivity index (χ1) is 9.08. The SMILES string of the molecule is C=C(CNc1c(Cl)cc(F)cc1Br)c1ccccc1. The van der Waals surface area contributed by atoms with Crippen LogP contribution in [0.4, 0.5) is 10.1 Å². The second-order valence-electron chi connectivity index (χ2n) is 4.07. The van der Waals surface area contributed by atoms with E-state index >= 15 is 0 Å². The molecular weight excluding hydrogens is 329 g/mol. The van der Waals surface area contributed by atoms with E-state index in [0.29, 0.717) is 21.7 Å². The van der Waals surface area contributed by atoms with Gasteiger partial charge >= 0.3 is 0 Å². The molecule has 0 radical (unpaired) electrons. The molecule has 0 aromatic heterocycles. The molecule has 1 nitrogen and oxygen atoms in total. The van der Waals surface area contributed by atoms with Crippen molar-refractivity contribution >= 4 is 38.8 Å². The van der Waals surface area contributed by atoms with Crippen molar-refractivity contribution in [1.82, 2.24) is 0 Å². The van der Waals surface area contributed by atoms with Gasteiger partial charge in [-0.05, 0) is 39.2 Å². The number of hydrogen-bond acceptors (Lipinski definition) is 1. The van der Waals surface area contributed by atoms with Crippen molar-refractivity contribution < 1.29 is 4.39 Å². The maximum atomic E-state index is 13.1. The van der Waals surface area contributed by atoms with Gasteiger partial charge in [-0.25, -0.2) is 4.39 Å². The highest BCUT2D eigenvalue weighted by atomic mass is 79.9. The molecule has 0 bridgehead atoms. The maximum Gasteiger partial charge on any atom is 0.125 e. The van der Waals surface area contributed by atoms with Crippen LogP contribution in [0, 0.1) is 5.82 Å². The summed E-state index contributed by atoms with van der Waals surface area (Å²) in [7, 11) is 0. The van der Waals surface area contributed by atoms with Crippen LogP contribution in [0.3, 0.4) is 0 Å². The monoisotopic (exact) mass is 339 g/mol. The smallest absolute Gasteiger partial charge is 0.125 e. The highest BCUT2D eigenvalue weighted by molar-refractivity contribution is 9.10. The zero-order valence-electron chi connectivity index (χ0n) is 10.1. The van der Waals surface area contributed by atoms with Crippen molar-refractivity contribution in [2.24, 2.45) is 0 Å². The third kappa shape index (κ3) is 3.58. The summed E-state index contributed by atoms with van der Waals surface area (Å²) in [6.45, 7) is 4.56. The third-order valence-corrected chi connectivity index (χ3v) is 3.59. The lowest BCUT2D eigenvalue weighted by molar-refractivity contribution is 0.627. The van der Waals surface area contributed by atoms with Gasteiger partial charge < -0.3 is 5.32 Å². The summed E-state index contributed by atoms with van der Waals surface area (Å²) in [5.41, 5.74) is 2.66. The Morgan fingerprint density at radius 2 is 1.95 bits per heavy atom. The summed E-state index contributed by atoms with van der Waals surface area (Å²) in [6, 6.07) is 12.5. The summed E-state index contributed by atoms with van der Waals surface area (Å²) in [4.78, 5) is 0. The molecule has 2 aromatic carbocycles. The Kier molecular flexibility index (Phi) is 4.61.